The second-order valence-corrected chi connectivity index (χ2v) is 10.4. The van der Waals surface area contributed by atoms with Gasteiger partial charge in [0, 0.05) is 22.2 Å². The van der Waals surface area contributed by atoms with E-state index in [-0.39, 0.29) is 11.7 Å². The first-order valence-electron chi connectivity index (χ1n) is 13.0. The molecule has 0 N–H and O–H groups in total. The lowest BCUT2D eigenvalue weighted by Crippen LogP contribution is -2.18. The minimum atomic E-state index is 0.0354. The number of thioether (sulfide) groups is 1. The third kappa shape index (κ3) is 4.88. The summed E-state index contributed by atoms with van der Waals surface area (Å²) in [6, 6.07) is 23.6. The first-order valence-corrected chi connectivity index (χ1v) is 14.0. The van der Waals surface area contributed by atoms with E-state index in [1.54, 1.807) is 14.2 Å². The Balaban J connectivity index is 1.32. The lowest BCUT2D eigenvalue weighted by molar-refractivity contribution is 0.0943. The van der Waals surface area contributed by atoms with Crippen LogP contribution in [0.15, 0.2) is 78.0 Å². The molecule has 0 aliphatic heterocycles. The lowest BCUT2D eigenvalue weighted by Gasteiger charge is -2.15. The molecule has 5 aromatic rings. The standard InChI is InChI=1S/C31H28N4O3S/c1-37-22-15-11-20(12-16-22)29-30(21-13-17-23(38-2)18-14-21)33-34-31(32-29)39-19-28(36)35-26-9-5-3-7-24(26)25-8-4-6-10-27(25)35/h3,5,7,9,11-18H,4,6,8,10,19H2,1-2H3. The Bertz CT molecular complexity index is 1650. The number of ether oxygens (including phenoxy) is 2. The summed E-state index contributed by atoms with van der Waals surface area (Å²) >= 11 is 1.31. The Morgan fingerprint density at radius 1 is 0.821 bits per heavy atom. The maximum absolute atomic E-state index is 13.6. The average Bonchev–Trinajstić information content (AvgIpc) is 3.34. The zero-order valence-corrected chi connectivity index (χ0v) is 22.7. The van der Waals surface area contributed by atoms with Crippen LogP contribution in [0.2, 0.25) is 0 Å². The molecular weight excluding hydrogens is 508 g/mol. The topological polar surface area (TPSA) is 79.1 Å². The van der Waals surface area contributed by atoms with Crippen LogP contribution < -0.4 is 9.47 Å². The van der Waals surface area contributed by atoms with Crippen LogP contribution in [0.5, 0.6) is 11.5 Å². The van der Waals surface area contributed by atoms with Crippen molar-refractivity contribution in [2.24, 2.45) is 0 Å². The Morgan fingerprint density at radius 2 is 1.46 bits per heavy atom. The summed E-state index contributed by atoms with van der Waals surface area (Å²) in [6.07, 6.45) is 4.22. The molecule has 0 amide bonds. The number of hydrogen-bond acceptors (Lipinski definition) is 7. The van der Waals surface area contributed by atoms with Crippen LogP contribution in [0.3, 0.4) is 0 Å². The van der Waals surface area contributed by atoms with Gasteiger partial charge in [0.1, 0.15) is 22.9 Å². The number of carbonyl (C=O) groups excluding carboxylic acids is 1. The Labute approximate surface area is 231 Å². The minimum Gasteiger partial charge on any atom is -0.497 e. The molecule has 39 heavy (non-hydrogen) atoms. The van der Waals surface area contributed by atoms with Crippen molar-refractivity contribution in [3.63, 3.8) is 0 Å². The molecule has 0 fully saturated rings. The monoisotopic (exact) mass is 536 g/mol. The summed E-state index contributed by atoms with van der Waals surface area (Å²) < 4.78 is 12.6. The highest BCUT2D eigenvalue weighted by atomic mass is 32.2. The van der Waals surface area contributed by atoms with Gasteiger partial charge in [-0.25, -0.2) is 4.98 Å². The van der Waals surface area contributed by atoms with Gasteiger partial charge < -0.3 is 9.47 Å². The number of para-hydroxylation sites is 1. The summed E-state index contributed by atoms with van der Waals surface area (Å²) in [7, 11) is 3.28. The predicted octanol–water partition coefficient (Wildman–Crippen LogP) is 6.49. The van der Waals surface area contributed by atoms with Gasteiger partial charge in [-0.05, 0) is 85.8 Å². The van der Waals surface area contributed by atoms with Gasteiger partial charge >= 0.3 is 0 Å². The molecule has 6 rings (SSSR count). The van der Waals surface area contributed by atoms with Gasteiger partial charge in [-0.1, -0.05) is 30.0 Å². The van der Waals surface area contributed by atoms with Gasteiger partial charge in [0.15, 0.2) is 0 Å². The molecule has 2 aromatic heterocycles. The van der Waals surface area contributed by atoms with E-state index in [4.69, 9.17) is 14.5 Å². The second kappa shape index (κ2) is 10.9. The predicted molar refractivity (Wildman–Crippen MR) is 154 cm³/mol. The summed E-state index contributed by atoms with van der Waals surface area (Å²) in [4.78, 5) is 18.5. The number of fused-ring (bicyclic) bond motifs is 3. The largest absolute Gasteiger partial charge is 0.497 e. The molecule has 0 saturated carbocycles. The van der Waals surface area contributed by atoms with Gasteiger partial charge in [0.2, 0.25) is 11.1 Å². The van der Waals surface area contributed by atoms with E-state index in [0.717, 1.165) is 59.5 Å². The zero-order chi connectivity index (χ0) is 26.8. The van der Waals surface area contributed by atoms with Crippen molar-refractivity contribution in [3.8, 4) is 34.0 Å². The van der Waals surface area contributed by atoms with Crippen LogP contribution in [0.4, 0.5) is 0 Å². The molecule has 0 saturated heterocycles. The molecule has 0 atom stereocenters. The van der Waals surface area contributed by atoms with E-state index in [1.165, 1.54) is 22.7 Å². The molecule has 196 valence electrons. The Morgan fingerprint density at radius 3 is 2.15 bits per heavy atom. The molecule has 3 aromatic carbocycles. The van der Waals surface area contributed by atoms with E-state index in [0.29, 0.717) is 16.5 Å². The number of carbonyl (C=O) groups is 1. The van der Waals surface area contributed by atoms with Crippen LogP contribution in [0.1, 0.15) is 28.9 Å². The quantitative estimate of drug-likeness (QED) is 0.220. The van der Waals surface area contributed by atoms with Gasteiger partial charge in [0.25, 0.3) is 0 Å². The van der Waals surface area contributed by atoms with Gasteiger partial charge in [-0.2, -0.15) is 0 Å². The van der Waals surface area contributed by atoms with Gasteiger partial charge in [0.05, 0.1) is 25.5 Å². The van der Waals surface area contributed by atoms with Gasteiger partial charge in [-0.15, -0.1) is 10.2 Å². The highest BCUT2D eigenvalue weighted by molar-refractivity contribution is 7.99. The number of benzene rings is 3. The molecule has 0 radical (unpaired) electrons. The number of hydrogen-bond donors (Lipinski definition) is 0. The van der Waals surface area contributed by atoms with Crippen LogP contribution in [-0.4, -0.2) is 45.6 Å². The van der Waals surface area contributed by atoms with E-state index >= 15 is 0 Å². The van der Waals surface area contributed by atoms with Crippen molar-refractivity contribution in [2.45, 2.75) is 30.8 Å². The third-order valence-corrected chi connectivity index (χ3v) is 7.97. The Hall–Kier alpha value is -4.17. The van der Waals surface area contributed by atoms with Crippen molar-refractivity contribution in [1.29, 1.82) is 0 Å². The van der Waals surface area contributed by atoms with Crippen LogP contribution in [0.25, 0.3) is 33.4 Å². The molecule has 1 aliphatic rings. The zero-order valence-electron chi connectivity index (χ0n) is 21.9. The summed E-state index contributed by atoms with van der Waals surface area (Å²) in [5.74, 6) is 1.77. The smallest absolute Gasteiger partial charge is 0.241 e. The van der Waals surface area contributed by atoms with Crippen molar-refractivity contribution in [2.75, 3.05) is 20.0 Å². The number of nitrogens with zero attached hydrogens (tertiary/aromatic N) is 4. The SMILES string of the molecule is COc1ccc(-c2nnc(SCC(=O)n3c4c(c5ccccc53)CCCC4)nc2-c2ccc(OC)cc2)cc1. The summed E-state index contributed by atoms with van der Waals surface area (Å²) in [6.45, 7) is 0. The van der Waals surface area contributed by atoms with E-state index in [9.17, 15) is 4.79 Å². The number of aromatic nitrogens is 4. The summed E-state index contributed by atoms with van der Waals surface area (Å²) in [5, 5.41) is 10.6. The highest BCUT2D eigenvalue weighted by Gasteiger charge is 2.24. The van der Waals surface area contributed by atoms with Crippen LogP contribution in [-0.2, 0) is 12.8 Å². The van der Waals surface area contributed by atoms with Crippen molar-refractivity contribution < 1.29 is 14.3 Å². The second-order valence-electron chi connectivity index (χ2n) is 9.42. The molecular formula is C31H28N4O3S. The van der Waals surface area contributed by atoms with E-state index < -0.39 is 0 Å². The van der Waals surface area contributed by atoms with Crippen LogP contribution in [0, 0.1) is 0 Å². The molecule has 8 heteroatoms. The first kappa shape index (κ1) is 25.1. The van der Waals surface area contributed by atoms with Crippen molar-refractivity contribution in [3.05, 3.63) is 84.1 Å². The number of aryl methyl sites for hydroxylation is 1. The third-order valence-electron chi connectivity index (χ3n) is 7.15. The maximum Gasteiger partial charge on any atom is 0.241 e. The average molecular weight is 537 g/mol. The molecule has 0 spiro atoms. The maximum atomic E-state index is 13.6. The lowest BCUT2D eigenvalue weighted by atomic mass is 9.96. The Kier molecular flexibility index (Phi) is 7.02. The molecule has 7 nitrogen and oxygen atoms in total. The number of methoxy groups -OCH3 is 2. The molecule has 2 heterocycles. The van der Waals surface area contributed by atoms with Crippen LogP contribution >= 0.6 is 11.8 Å². The molecule has 0 bridgehead atoms. The van der Waals surface area contributed by atoms with E-state index in [1.807, 2.05) is 71.3 Å². The fourth-order valence-corrected chi connectivity index (χ4v) is 5.87. The number of rotatable bonds is 7. The van der Waals surface area contributed by atoms with Crippen molar-refractivity contribution in [1.82, 2.24) is 19.7 Å². The highest BCUT2D eigenvalue weighted by Crippen LogP contribution is 2.34. The first-order chi connectivity index (χ1) is 19.2. The molecule has 0 unspecified atom stereocenters. The minimum absolute atomic E-state index is 0.0354. The van der Waals surface area contributed by atoms with Gasteiger partial charge in [-0.3, -0.25) is 9.36 Å². The normalized spacial score (nSPS) is 12.8. The fraction of sp³-hybridized carbons (Fsp3) is 0.226. The molecule has 1 aliphatic carbocycles. The fourth-order valence-electron chi connectivity index (χ4n) is 5.24. The van der Waals surface area contributed by atoms with Crippen molar-refractivity contribution >= 4 is 28.6 Å². The van der Waals surface area contributed by atoms with E-state index in [2.05, 4.69) is 16.3 Å². The summed E-state index contributed by atoms with van der Waals surface area (Å²) in [5.41, 5.74) is 6.57.